The van der Waals surface area contributed by atoms with Crippen LogP contribution in [0.15, 0.2) is 59.2 Å². The number of hydrogen-bond acceptors (Lipinski definition) is 3. The van der Waals surface area contributed by atoms with Crippen molar-refractivity contribution >= 4 is 39.2 Å². The molecule has 154 valence electrons. The Morgan fingerprint density at radius 1 is 1.17 bits per heavy atom. The lowest BCUT2D eigenvalue weighted by atomic mass is 10.1. The Balaban J connectivity index is 1.44. The third-order valence-corrected chi connectivity index (χ3v) is 5.44. The Labute approximate surface area is 179 Å². The van der Waals surface area contributed by atoms with Crippen molar-refractivity contribution in [2.24, 2.45) is 5.92 Å². The zero-order valence-electron chi connectivity index (χ0n) is 15.7. The fourth-order valence-corrected chi connectivity index (χ4v) is 3.64. The number of aromatic nitrogens is 2. The minimum atomic E-state index is -0.836. The summed E-state index contributed by atoms with van der Waals surface area (Å²) in [6, 6.07) is 12.4. The molecular formula is C21H17BrF2N4O2. The molecule has 3 aromatic rings. The van der Waals surface area contributed by atoms with E-state index in [1.165, 1.54) is 11.0 Å². The zero-order valence-corrected chi connectivity index (χ0v) is 17.3. The smallest absolute Gasteiger partial charge is 0.230 e. The quantitative estimate of drug-likeness (QED) is 0.608. The van der Waals surface area contributed by atoms with E-state index >= 15 is 0 Å². The van der Waals surface area contributed by atoms with E-state index in [9.17, 15) is 18.4 Å². The van der Waals surface area contributed by atoms with Crippen LogP contribution in [0.1, 0.15) is 12.0 Å². The SMILES string of the molecule is O=C(Nc1ccnn1Cc1ccc(Br)cc1)C1CC(=O)N(c2ccc(F)cc2F)C1. The van der Waals surface area contributed by atoms with Gasteiger partial charge in [-0.15, -0.1) is 0 Å². The molecule has 1 atom stereocenters. The first kappa shape index (κ1) is 20.2. The van der Waals surface area contributed by atoms with Gasteiger partial charge in [-0.3, -0.25) is 9.59 Å². The second kappa shape index (κ2) is 8.35. The van der Waals surface area contributed by atoms with Gasteiger partial charge < -0.3 is 10.2 Å². The molecule has 1 aliphatic heterocycles. The van der Waals surface area contributed by atoms with E-state index in [0.29, 0.717) is 12.4 Å². The van der Waals surface area contributed by atoms with Gasteiger partial charge >= 0.3 is 0 Å². The van der Waals surface area contributed by atoms with Gasteiger partial charge in [0.25, 0.3) is 0 Å². The summed E-state index contributed by atoms with van der Waals surface area (Å²) in [5.41, 5.74) is 0.975. The minimum absolute atomic E-state index is 0.0219. The molecule has 0 saturated carbocycles. The van der Waals surface area contributed by atoms with Crippen molar-refractivity contribution in [2.75, 3.05) is 16.8 Å². The maximum atomic E-state index is 14.0. The van der Waals surface area contributed by atoms with E-state index in [-0.39, 0.29) is 30.5 Å². The molecule has 1 aliphatic rings. The zero-order chi connectivity index (χ0) is 21.3. The Morgan fingerprint density at radius 2 is 1.93 bits per heavy atom. The molecule has 1 N–H and O–H groups in total. The molecule has 1 saturated heterocycles. The van der Waals surface area contributed by atoms with E-state index in [1.54, 1.807) is 16.9 Å². The highest BCUT2D eigenvalue weighted by Gasteiger charge is 2.36. The third-order valence-electron chi connectivity index (χ3n) is 4.91. The average molecular weight is 475 g/mol. The van der Waals surface area contributed by atoms with Gasteiger partial charge in [-0.2, -0.15) is 5.10 Å². The molecule has 0 aliphatic carbocycles. The first-order valence-electron chi connectivity index (χ1n) is 9.23. The van der Waals surface area contributed by atoms with Crippen LogP contribution in [0.5, 0.6) is 0 Å². The van der Waals surface area contributed by atoms with Crippen LogP contribution in [0, 0.1) is 17.6 Å². The van der Waals surface area contributed by atoms with Gasteiger partial charge in [-0.1, -0.05) is 28.1 Å². The highest BCUT2D eigenvalue weighted by Crippen LogP contribution is 2.28. The second-order valence-electron chi connectivity index (χ2n) is 6.99. The van der Waals surface area contributed by atoms with Gasteiger partial charge in [0.15, 0.2) is 0 Å². The summed E-state index contributed by atoms with van der Waals surface area (Å²) in [7, 11) is 0. The van der Waals surface area contributed by atoms with Crippen molar-refractivity contribution in [2.45, 2.75) is 13.0 Å². The van der Waals surface area contributed by atoms with Gasteiger partial charge in [0.1, 0.15) is 17.5 Å². The van der Waals surface area contributed by atoms with Gasteiger partial charge in [0.2, 0.25) is 11.8 Å². The first-order chi connectivity index (χ1) is 14.4. The molecule has 0 spiro atoms. The predicted octanol–water partition coefficient (Wildman–Crippen LogP) is 3.96. The summed E-state index contributed by atoms with van der Waals surface area (Å²) in [6.45, 7) is 0.487. The number of hydrogen-bond donors (Lipinski definition) is 1. The van der Waals surface area contributed by atoms with Crippen molar-refractivity contribution in [3.8, 4) is 0 Å². The molecule has 1 aromatic heterocycles. The number of carbonyl (C=O) groups is 2. The standard InChI is InChI=1S/C21H17BrF2N4O2/c22-15-3-1-13(2-4-15)11-28-19(7-8-25-28)26-21(30)14-9-20(29)27(12-14)18-6-5-16(23)10-17(18)24/h1-8,10,14H,9,11-12H2,(H,26,30). The molecule has 4 rings (SSSR count). The third kappa shape index (κ3) is 4.25. The topological polar surface area (TPSA) is 67.2 Å². The summed E-state index contributed by atoms with van der Waals surface area (Å²) in [4.78, 5) is 26.2. The van der Waals surface area contributed by atoms with Crippen LogP contribution in [0.3, 0.4) is 0 Å². The molecule has 0 radical (unpaired) electrons. The van der Waals surface area contributed by atoms with Gasteiger partial charge in [-0.05, 0) is 29.8 Å². The second-order valence-corrected chi connectivity index (χ2v) is 7.91. The van der Waals surface area contributed by atoms with Gasteiger partial charge in [-0.25, -0.2) is 13.5 Å². The van der Waals surface area contributed by atoms with Crippen molar-refractivity contribution in [1.82, 2.24) is 9.78 Å². The minimum Gasteiger partial charge on any atom is -0.311 e. The summed E-state index contributed by atoms with van der Waals surface area (Å²) in [5.74, 6) is -2.46. The van der Waals surface area contributed by atoms with Crippen LogP contribution < -0.4 is 10.2 Å². The Kier molecular flexibility index (Phi) is 5.63. The number of anilines is 2. The van der Waals surface area contributed by atoms with E-state index < -0.39 is 17.6 Å². The largest absolute Gasteiger partial charge is 0.311 e. The van der Waals surface area contributed by atoms with E-state index in [2.05, 4.69) is 26.3 Å². The highest BCUT2D eigenvalue weighted by atomic mass is 79.9. The van der Waals surface area contributed by atoms with E-state index in [4.69, 9.17) is 0 Å². The molecular weight excluding hydrogens is 458 g/mol. The number of carbonyl (C=O) groups excluding carboxylic acids is 2. The molecule has 2 aromatic carbocycles. The summed E-state index contributed by atoms with van der Waals surface area (Å²) < 4.78 is 29.8. The number of halogens is 3. The maximum absolute atomic E-state index is 14.0. The Bertz CT molecular complexity index is 1100. The Morgan fingerprint density at radius 3 is 2.67 bits per heavy atom. The number of rotatable bonds is 5. The van der Waals surface area contributed by atoms with Crippen LogP contribution in [-0.4, -0.2) is 28.1 Å². The van der Waals surface area contributed by atoms with Crippen LogP contribution in [-0.2, 0) is 16.1 Å². The molecule has 1 unspecified atom stereocenters. The molecule has 2 heterocycles. The Hall–Kier alpha value is -3.07. The predicted molar refractivity (Wildman–Crippen MR) is 111 cm³/mol. The summed E-state index contributed by atoms with van der Waals surface area (Å²) in [5, 5.41) is 7.04. The first-order valence-corrected chi connectivity index (χ1v) is 10.0. The fourth-order valence-electron chi connectivity index (χ4n) is 3.37. The number of nitrogens with one attached hydrogen (secondary N) is 1. The highest BCUT2D eigenvalue weighted by molar-refractivity contribution is 9.10. The number of benzene rings is 2. The molecule has 9 heteroatoms. The molecule has 6 nitrogen and oxygen atoms in total. The van der Waals surface area contributed by atoms with Crippen molar-refractivity contribution in [3.05, 3.63) is 76.4 Å². The summed E-state index contributed by atoms with van der Waals surface area (Å²) in [6.07, 6.45) is 1.53. The van der Waals surface area contributed by atoms with Crippen LogP contribution in [0.4, 0.5) is 20.3 Å². The molecule has 0 bridgehead atoms. The van der Waals surface area contributed by atoms with E-state index in [0.717, 1.165) is 22.2 Å². The van der Waals surface area contributed by atoms with Crippen LogP contribution in [0.25, 0.3) is 0 Å². The average Bonchev–Trinajstić information content (AvgIpc) is 3.30. The molecule has 2 amide bonds. The number of amides is 2. The lowest BCUT2D eigenvalue weighted by Crippen LogP contribution is -2.29. The van der Waals surface area contributed by atoms with Crippen molar-refractivity contribution < 1.29 is 18.4 Å². The number of nitrogens with zero attached hydrogens (tertiary/aromatic N) is 3. The maximum Gasteiger partial charge on any atom is 0.230 e. The van der Waals surface area contributed by atoms with Gasteiger partial charge in [0, 0.05) is 29.6 Å². The van der Waals surface area contributed by atoms with Crippen molar-refractivity contribution in [1.29, 1.82) is 0 Å². The van der Waals surface area contributed by atoms with Gasteiger partial charge in [0.05, 0.1) is 24.3 Å². The van der Waals surface area contributed by atoms with Crippen LogP contribution in [0.2, 0.25) is 0 Å². The van der Waals surface area contributed by atoms with Crippen molar-refractivity contribution in [3.63, 3.8) is 0 Å². The monoisotopic (exact) mass is 474 g/mol. The fraction of sp³-hybridized carbons (Fsp3) is 0.190. The molecule has 1 fully saturated rings. The lowest BCUT2D eigenvalue weighted by Gasteiger charge is -2.17. The summed E-state index contributed by atoms with van der Waals surface area (Å²) >= 11 is 3.39. The lowest BCUT2D eigenvalue weighted by molar-refractivity contribution is -0.122. The molecule has 30 heavy (non-hydrogen) atoms. The normalized spacial score (nSPS) is 16.2. The van der Waals surface area contributed by atoms with E-state index in [1.807, 2.05) is 24.3 Å². The van der Waals surface area contributed by atoms with Crippen LogP contribution >= 0.6 is 15.9 Å².